The third kappa shape index (κ3) is 4.44. The number of hydrogen-bond donors (Lipinski definition) is 0. The third-order valence-corrected chi connectivity index (χ3v) is 6.63. The molecule has 2 heterocycles. The molecule has 0 radical (unpaired) electrons. The van der Waals surface area contributed by atoms with Crippen LogP contribution in [0, 0.1) is 0 Å². The molecule has 36 heavy (non-hydrogen) atoms. The lowest BCUT2D eigenvalue weighted by Crippen LogP contribution is -2.31. The zero-order valence-electron chi connectivity index (χ0n) is 20.1. The molecule has 0 saturated heterocycles. The fourth-order valence-corrected chi connectivity index (χ4v) is 4.75. The van der Waals surface area contributed by atoms with E-state index in [4.69, 9.17) is 25.5 Å². The summed E-state index contributed by atoms with van der Waals surface area (Å²) >= 11 is 6.17. The summed E-state index contributed by atoms with van der Waals surface area (Å²) in [6.07, 6.45) is 1.51. The number of benzene rings is 3. The molecule has 1 atom stereocenters. The van der Waals surface area contributed by atoms with E-state index in [0.717, 1.165) is 29.0 Å². The van der Waals surface area contributed by atoms with Crippen molar-refractivity contribution in [3.63, 3.8) is 0 Å². The van der Waals surface area contributed by atoms with Crippen LogP contribution in [0.4, 0.5) is 0 Å². The number of fused-ring (bicyclic) bond motifs is 2. The van der Waals surface area contributed by atoms with E-state index in [9.17, 15) is 9.59 Å². The molecule has 6 nitrogen and oxygen atoms in total. The molecule has 0 spiro atoms. The number of rotatable bonds is 8. The normalized spacial score (nSPS) is 14.8. The van der Waals surface area contributed by atoms with Gasteiger partial charge >= 0.3 is 0 Å². The summed E-state index contributed by atoms with van der Waals surface area (Å²) in [6.45, 7) is 3.07. The van der Waals surface area contributed by atoms with Crippen LogP contribution in [0.1, 0.15) is 46.6 Å². The van der Waals surface area contributed by atoms with Crippen LogP contribution in [-0.2, 0) is 6.42 Å². The predicted molar refractivity (Wildman–Crippen MR) is 139 cm³/mol. The number of hydrogen-bond acceptors (Lipinski definition) is 5. The zero-order chi connectivity index (χ0) is 25.2. The van der Waals surface area contributed by atoms with Gasteiger partial charge < -0.3 is 18.8 Å². The number of methoxy groups -OCH3 is 1. The molecule has 1 aromatic heterocycles. The molecule has 7 heteroatoms. The molecule has 4 aromatic rings. The van der Waals surface area contributed by atoms with Crippen LogP contribution in [0.3, 0.4) is 0 Å². The highest BCUT2D eigenvalue weighted by Gasteiger charge is 2.42. The maximum Gasteiger partial charge on any atom is 0.290 e. The van der Waals surface area contributed by atoms with E-state index in [1.165, 1.54) is 0 Å². The van der Waals surface area contributed by atoms with Gasteiger partial charge in [-0.05, 0) is 66.4 Å². The standard InChI is InChI=1S/C29H26ClNO5/c1-3-16-35-22-11-6-19(7-12-22)26-25-27(32)23-17-20(30)8-13-24(23)36-28(25)29(33)31(26)15-14-18-4-9-21(34-2)10-5-18/h4-13,17,26H,3,14-16H2,1-2H3. The van der Waals surface area contributed by atoms with Crippen LogP contribution < -0.4 is 14.9 Å². The lowest BCUT2D eigenvalue weighted by molar-refractivity contribution is 0.0730. The second-order valence-corrected chi connectivity index (χ2v) is 9.17. The highest BCUT2D eigenvalue weighted by Crippen LogP contribution is 2.39. The molecule has 0 bridgehead atoms. The number of amides is 1. The van der Waals surface area contributed by atoms with Crippen LogP contribution in [0.15, 0.2) is 75.9 Å². The Bertz CT molecular complexity index is 1460. The van der Waals surface area contributed by atoms with E-state index in [1.54, 1.807) is 30.2 Å². The van der Waals surface area contributed by atoms with Gasteiger partial charge in [-0.25, -0.2) is 0 Å². The average Bonchev–Trinajstić information content (AvgIpc) is 3.18. The fraction of sp³-hybridized carbons (Fsp3) is 0.241. The van der Waals surface area contributed by atoms with Crippen LogP contribution in [-0.4, -0.2) is 31.1 Å². The van der Waals surface area contributed by atoms with Crippen molar-refractivity contribution in [2.45, 2.75) is 25.8 Å². The first kappa shape index (κ1) is 23.9. The van der Waals surface area contributed by atoms with Gasteiger partial charge in [-0.1, -0.05) is 42.8 Å². The van der Waals surface area contributed by atoms with Gasteiger partial charge in [-0.2, -0.15) is 0 Å². The fourth-order valence-electron chi connectivity index (χ4n) is 4.58. The molecular formula is C29H26ClNO5. The quantitative estimate of drug-likeness (QED) is 0.293. The molecule has 0 fully saturated rings. The van der Waals surface area contributed by atoms with Gasteiger partial charge in [0.1, 0.15) is 17.1 Å². The Labute approximate surface area is 214 Å². The molecule has 5 rings (SSSR count). The highest BCUT2D eigenvalue weighted by molar-refractivity contribution is 6.31. The zero-order valence-corrected chi connectivity index (χ0v) is 20.9. The smallest absolute Gasteiger partial charge is 0.290 e. The number of carbonyl (C=O) groups excluding carboxylic acids is 1. The highest BCUT2D eigenvalue weighted by atomic mass is 35.5. The summed E-state index contributed by atoms with van der Waals surface area (Å²) < 4.78 is 17.0. The molecule has 0 saturated carbocycles. The lowest BCUT2D eigenvalue weighted by Gasteiger charge is -2.25. The second-order valence-electron chi connectivity index (χ2n) is 8.73. The molecular weight excluding hydrogens is 478 g/mol. The minimum absolute atomic E-state index is 0.0841. The summed E-state index contributed by atoms with van der Waals surface area (Å²) in [5.41, 5.74) is 2.31. The van der Waals surface area contributed by atoms with E-state index in [-0.39, 0.29) is 17.1 Å². The molecule has 1 aliphatic heterocycles. The van der Waals surface area contributed by atoms with Crippen LogP contribution in [0.2, 0.25) is 5.02 Å². The van der Waals surface area contributed by atoms with Gasteiger partial charge in [-0.3, -0.25) is 9.59 Å². The van der Waals surface area contributed by atoms with Crippen molar-refractivity contribution >= 4 is 28.5 Å². The SMILES string of the molecule is CCCOc1ccc(C2c3c(oc4ccc(Cl)cc4c3=O)C(=O)N2CCc2ccc(OC)cc2)cc1. The Morgan fingerprint density at radius 2 is 1.69 bits per heavy atom. The minimum atomic E-state index is -0.578. The summed E-state index contributed by atoms with van der Waals surface area (Å²) in [4.78, 5) is 29.0. The number of carbonyl (C=O) groups is 1. The predicted octanol–water partition coefficient (Wildman–Crippen LogP) is 6.03. The van der Waals surface area contributed by atoms with Crippen molar-refractivity contribution in [3.8, 4) is 11.5 Å². The van der Waals surface area contributed by atoms with Gasteiger partial charge in [0.15, 0.2) is 5.43 Å². The summed E-state index contributed by atoms with van der Waals surface area (Å²) in [5, 5.41) is 0.795. The van der Waals surface area contributed by atoms with Gasteiger partial charge in [-0.15, -0.1) is 0 Å². The average molecular weight is 504 g/mol. The first-order chi connectivity index (χ1) is 17.5. The minimum Gasteiger partial charge on any atom is -0.497 e. The molecule has 1 amide bonds. The van der Waals surface area contributed by atoms with Crippen molar-refractivity contribution in [2.24, 2.45) is 0 Å². The maximum absolute atomic E-state index is 13.7. The van der Waals surface area contributed by atoms with Crippen LogP contribution in [0.5, 0.6) is 11.5 Å². The lowest BCUT2D eigenvalue weighted by atomic mass is 9.98. The molecule has 1 aliphatic rings. The van der Waals surface area contributed by atoms with E-state index in [0.29, 0.717) is 41.1 Å². The van der Waals surface area contributed by atoms with Crippen molar-refractivity contribution in [2.75, 3.05) is 20.3 Å². The molecule has 3 aromatic carbocycles. The van der Waals surface area contributed by atoms with E-state index in [2.05, 4.69) is 0 Å². The van der Waals surface area contributed by atoms with Gasteiger partial charge in [0.05, 0.1) is 30.7 Å². The number of halogens is 1. The van der Waals surface area contributed by atoms with E-state index >= 15 is 0 Å². The molecule has 0 aliphatic carbocycles. The van der Waals surface area contributed by atoms with Crippen molar-refractivity contribution < 1.29 is 18.7 Å². The van der Waals surface area contributed by atoms with E-state index in [1.807, 2.05) is 55.5 Å². The second kappa shape index (κ2) is 10.1. The molecule has 0 N–H and O–H groups in total. The molecule has 1 unspecified atom stereocenters. The van der Waals surface area contributed by atoms with E-state index < -0.39 is 6.04 Å². The summed E-state index contributed by atoms with van der Waals surface area (Å²) in [5.74, 6) is 1.30. The molecule has 184 valence electrons. The summed E-state index contributed by atoms with van der Waals surface area (Å²) in [6, 6.07) is 19.6. The third-order valence-electron chi connectivity index (χ3n) is 6.40. The van der Waals surface area contributed by atoms with Crippen molar-refractivity contribution in [3.05, 3.63) is 104 Å². The van der Waals surface area contributed by atoms with Gasteiger partial charge in [0.2, 0.25) is 5.76 Å². The van der Waals surface area contributed by atoms with Gasteiger partial charge in [0, 0.05) is 11.6 Å². The number of nitrogens with zero attached hydrogens (tertiary/aromatic N) is 1. The Kier molecular flexibility index (Phi) is 6.70. The van der Waals surface area contributed by atoms with Crippen molar-refractivity contribution in [1.29, 1.82) is 0 Å². The first-order valence-corrected chi connectivity index (χ1v) is 12.3. The largest absolute Gasteiger partial charge is 0.497 e. The van der Waals surface area contributed by atoms with Gasteiger partial charge in [0.25, 0.3) is 5.91 Å². The van der Waals surface area contributed by atoms with Crippen LogP contribution >= 0.6 is 11.6 Å². The first-order valence-electron chi connectivity index (χ1n) is 11.9. The Morgan fingerprint density at radius 1 is 0.972 bits per heavy atom. The number of ether oxygens (including phenoxy) is 2. The topological polar surface area (TPSA) is 69.0 Å². The Morgan fingerprint density at radius 3 is 2.39 bits per heavy atom. The van der Waals surface area contributed by atoms with Crippen molar-refractivity contribution in [1.82, 2.24) is 4.90 Å². The van der Waals surface area contributed by atoms with Crippen LogP contribution in [0.25, 0.3) is 11.0 Å². The maximum atomic E-state index is 13.7. The monoisotopic (exact) mass is 503 g/mol. The Balaban J connectivity index is 1.56. The summed E-state index contributed by atoms with van der Waals surface area (Å²) in [7, 11) is 1.62. The Hall–Kier alpha value is -3.77.